The summed E-state index contributed by atoms with van der Waals surface area (Å²) in [7, 11) is 1.48. The lowest BCUT2D eigenvalue weighted by atomic mass is 10.2. The second kappa shape index (κ2) is 8.06. The highest BCUT2D eigenvalue weighted by Gasteiger charge is 2.16. The third-order valence-electron chi connectivity index (χ3n) is 4.28. The number of aromatic nitrogens is 3. The first kappa shape index (κ1) is 18.0. The van der Waals surface area contributed by atoms with Crippen molar-refractivity contribution in [3.63, 3.8) is 0 Å². The van der Waals surface area contributed by atoms with Crippen LogP contribution in [0.4, 0.5) is 0 Å². The summed E-state index contributed by atoms with van der Waals surface area (Å²) in [6, 6.07) is 3.09. The zero-order valence-corrected chi connectivity index (χ0v) is 15.5. The van der Waals surface area contributed by atoms with E-state index in [1.807, 2.05) is 0 Å². The summed E-state index contributed by atoms with van der Waals surface area (Å²) >= 11 is 12.2. The number of aryl methyl sites for hydroxylation is 1. The molecule has 0 fully saturated rings. The van der Waals surface area contributed by atoms with Crippen molar-refractivity contribution in [3.05, 3.63) is 39.4 Å². The monoisotopic (exact) mass is 382 g/mol. The van der Waals surface area contributed by atoms with E-state index in [-0.39, 0.29) is 5.91 Å². The number of rotatable bonds is 5. The fourth-order valence-electron chi connectivity index (χ4n) is 3.01. The molecule has 0 unspecified atom stereocenters. The zero-order chi connectivity index (χ0) is 17.8. The molecule has 0 saturated carbocycles. The Morgan fingerprint density at radius 1 is 1.24 bits per heavy atom. The molecule has 1 aliphatic heterocycles. The van der Waals surface area contributed by atoms with Crippen molar-refractivity contribution < 1.29 is 9.53 Å². The third kappa shape index (κ3) is 4.07. The maximum Gasteiger partial charge on any atom is 0.251 e. The maximum atomic E-state index is 12.3. The molecule has 0 spiro atoms. The van der Waals surface area contributed by atoms with Gasteiger partial charge in [0.15, 0.2) is 5.75 Å². The minimum absolute atomic E-state index is 0.234. The fourth-order valence-corrected chi connectivity index (χ4v) is 3.65. The highest BCUT2D eigenvalue weighted by Crippen LogP contribution is 2.33. The van der Waals surface area contributed by atoms with Gasteiger partial charge in [0.05, 0.1) is 17.2 Å². The van der Waals surface area contributed by atoms with Gasteiger partial charge in [-0.3, -0.25) is 4.79 Å². The SMILES string of the molecule is COc1c(Cl)cc(C(=O)NCCc2nnc3n2CCCCC3)cc1Cl. The van der Waals surface area contributed by atoms with Crippen molar-refractivity contribution in [2.45, 2.75) is 38.6 Å². The maximum absolute atomic E-state index is 12.3. The number of halogens is 2. The van der Waals surface area contributed by atoms with Crippen LogP contribution < -0.4 is 10.1 Å². The van der Waals surface area contributed by atoms with E-state index in [2.05, 4.69) is 20.1 Å². The Hall–Kier alpha value is -1.79. The Morgan fingerprint density at radius 2 is 2.00 bits per heavy atom. The molecule has 1 N–H and O–H groups in total. The van der Waals surface area contributed by atoms with Crippen LogP contribution in [0.15, 0.2) is 12.1 Å². The predicted octanol–water partition coefficient (Wildman–Crippen LogP) is 3.29. The third-order valence-corrected chi connectivity index (χ3v) is 4.85. The van der Waals surface area contributed by atoms with Crippen molar-refractivity contribution in [1.29, 1.82) is 0 Å². The molecular weight excluding hydrogens is 363 g/mol. The van der Waals surface area contributed by atoms with Gasteiger partial charge in [0, 0.05) is 31.5 Å². The quantitative estimate of drug-likeness (QED) is 0.860. The van der Waals surface area contributed by atoms with E-state index in [1.165, 1.54) is 13.5 Å². The van der Waals surface area contributed by atoms with E-state index < -0.39 is 0 Å². The molecule has 0 atom stereocenters. The van der Waals surface area contributed by atoms with Gasteiger partial charge in [0.1, 0.15) is 11.6 Å². The van der Waals surface area contributed by atoms with E-state index >= 15 is 0 Å². The molecule has 2 aromatic rings. The number of hydrogen-bond donors (Lipinski definition) is 1. The number of nitrogens with zero attached hydrogens (tertiary/aromatic N) is 3. The van der Waals surface area contributed by atoms with Gasteiger partial charge in [-0.2, -0.15) is 0 Å². The zero-order valence-electron chi connectivity index (χ0n) is 14.0. The largest absolute Gasteiger partial charge is 0.494 e. The minimum Gasteiger partial charge on any atom is -0.494 e. The Morgan fingerprint density at radius 3 is 2.72 bits per heavy atom. The van der Waals surface area contributed by atoms with Gasteiger partial charge in [0.25, 0.3) is 5.91 Å². The minimum atomic E-state index is -0.234. The van der Waals surface area contributed by atoms with E-state index in [1.54, 1.807) is 12.1 Å². The van der Waals surface area contributed by atoms with E-state index in [0.29, 0.717) is 34.3 Å². The molecule has 1 aromatic heterocycles. The van der Waals surface area contributed by atoms with Gasteiger partial charge in [0.2, 0.25) is 0 Å². The molecule has 8 heteroatoms. The summed E-state index contributed by atoms with van der Waals surface area (Å²) in [5.41, 5.74) is 0.399. The van der Waals surface area contributed by atoms with Gasteiger partial charge >= 0.3 is 0 Å². The van der Waals surface area contributed by atoms with Gasteiger partial charge in [-0.1, -0.05) is 29.6 Å². The van der Waals surface area contributed by atoms with Crippen LogP contribution in [0.3, 0.4) is 0 Å². The lowest BCUT2D eigenvalue weighted by molar-refractivity contribution is 0.0954. The Kier molecular flexibility index (Phi) is 5.81. The van der Waals surface area contributed by atoms with E-state index in [4.69, 9.17) is 27.9 Å². The van der Waals surface area contributed by atoms with Gasteiger partial charge in [-0.15, -0.1) is 10.2 Å². The van der Waals surface area contributed by atoms with Crippen LogP contribution in [0.5, 0.6) is 5.75 Å². The average Bonchev–Trinajstić information content (AvgIpc) is 2.81. The molecule has 1 aliphatic rings. The predicted molar refractivity (Wildman–Crippen MR) is 96.6 cm³/mol. The smallest absolute Gasteiger partial charge is 0.251 e. The average molecular weight is 383 g/mol. The first-order valence-electron chi connectivity index (χ1n) is 8.32. The summed E-state index contributed by atoms with van der Waals surface area (Å²) in [4.78, 5) is 12.3. The number of fused-ring (bicyclic) bond motifs is 1. The molecule has 0 bridgehead atoms. The van der Waals surface area contributed by atoms with Crippen LogP contribution in [0.1, 0.15) is 41.3 Å². The standard InChI is InChI=1S/C17H20Cl2N4O2/c1-25-16-12(18)9-11(10-13(16)19)17(24)20-7-6-15-22-21-14-5-3-2-4-8-23(14)15/h9-10H,2-8H2,1H3,(H,20,24). The van der Waals surface area contributed by atoms with Crippen molar-refractivity contribution in [2.24, 2.45) is 0 Å². The highest BCUT2D eigenvalue weighted by atomic mass is 35.5. The second-order valence-electron chi connectivity index (χ2n) is 5.97. The number of methoxy groups -OCH3 is 1. The lowest BCUT2D eigenvalue weighted by Gasteiger charge is -2.10. The second-order valence-corrected chi connectivity index (χ2v) is 6.79. The summed E-state index contributed by atoms with van der Waals surface area (Å²) in [5.74, 6) is 2.10. The molecule has 0 radical (unpaired) electrons. The lowest BCUT2D eigenvalue weighted by Crippen LogP contribution is -2.26. The van der Waals surface area contributed by atoms with Crippen LogP contribution in [0.25, 0.3) is 0 Å². The van der Waals surface area contributed by atoms with Crippen LogP contribution in [-0.2, 0) is 19.4 Å². The van der Waals surface area contributed by atoms with Gasteiger partial charge in [-0.05, 0) is 25.0 Å². The molecule has 25 heavy (non-hydrogen) atoms. The topological polar surface area (TPSA) is 69.0 Å². The molecule has 6 nitrogen and oxygen atoms in total. The van der Waals surface area contributed by atoms with Crippen LogP contribution >= 0.6 is 23.2 Å². The molecule has 1 aromatic carbocycles. The van der Waals surface area contributed by atoms with E-state index in [0.717, 1.165) is 37.5 Å². The molecule has 134 valence electrons. The number of nitrogens with one attached hydrogen (secondary N) is 1. The van der Waals surface area contributed by atoms with Crippen molar-refractivity contribution >= 4 is 29.1 Å². The van der Waals surface area contributed by atoms with Crippen molar-refractivity contribution in [3.8, 4) is 5.75 Å². The molecular formula is C17H20Cl2N4O2. The van der Waals surface area contributed by atoms with Crippen molar-refractivity contribution in [1.82, 2.24) is 20.1 Å². The molecule has 0 saturated heterocycles. The first-order valence-corrected chi connectivity index (χ1v) is 9.08. The number of carbonyl (C=O) groups is 1. The summed E-state index contributed by atoms with van der Waals surface area (Å²) < 4.78 is 7.27. The van der Waals surface area contributed by atoms with Crippen LogP contribution in [0.2, 0.25) is 10.0 Å². The van der Waals surface area contributed by atoms with Gasteiger partial charge < -0.3 is 14.6 Å². The molecule has 1 amide bonds. The number of carbonyl (C=O) groups excluding carboxylic acids is 1. The first-order chi connectivity index (χ1) is 12.1. The normalized spacial score (nSPS) is 13.9. The number of hydrogen-bond acceptors (Lipinski definition) is 4. The molecule has 0 aliphatic carbocycles. The van der Waals surface area contributed by atoms with Gasteiger partial charge in [-0.25, -0.2) is 0 Å². The summed E-state index contributed by atoms with van der Waals surface area (Å²) in [6.07, 6.45) is 5.14. The molecule has 2 heterocycles. The Labute approximate surface area is 156 Å². The fraction of sp³-hybridized carbons (Fsp3) is 0.471. The molecule has 3 rings (SSSR count). The van der Waals surface area contributed by atoms with E-state index in [9.17, 15) is 4.79 Å². The summed E-state index contributed by atoms with van der Waals surface area (Å²) in [6.45, 7) is 1.42. The number of benzene rings is 1. The highest BCUT2D eigenvalue weighted by molar-refractivity contribution is 6.37. The number of ether oxygens (including phenoxy) is 1. The Bertz CT molecular complexity index is 753. The van der Waals surface area contributed by atoms with Crippen LogP contribution in [0, 0.1) is 0 Å². The van der Waals surface area contributed by atoms with Crippen LogP contribution in [-0.4, -0.2) is 34.3 Å². The number of amides is 1. The Balaban J connectivity index is 1.61. The summed E-state index contributed by atoms with van der Waals surface area (Å²) in [5, 5.41) is 12.0. The van der Waals surface area contributed by atoms with Crippen molar-refractivity contribution in [2.75, 3.05) is 13.7 Å².